The molecule has 0 bridgehead atoms. The lowest BCUT2D eigenvalue weighted by Crippen LogP contribution is -1.84. The van der Waals surface area contributed by atoms with E-state index in [-0.39, 0.29) is 5.88 Å². The van der Waals surface area contributed by atoms with Gasteiger partial charge in [0.05, 0.1) is 20.9 Å². The van der Waals surface area contributed by atoms with E-state index in [0.717, 1.165) is 0 Å². The number of hydrogen-bond donors (Lipinski definition) is 0. The average Bonchev–Trinajstić information content (AvgIpc) is 2.01. The average molecular weight is 264 g/mol. The van der Waals surface area contributed by atoms with Crippen LogP contribution in [-0.4, -0.2) is 0 Å². The zero-order valence-corrected chi connectivity index (χ0v) is 9.45. The first kappa shape index (κ1) is 10.7. The first-order valence-electron chi connectivity index (χ1n) is 2.95. The second-order valence-corrected chi connectivity index (χ2v) is 3.92. The molecule has 0 atom stereocenters. The van der Waals surface area contributed by atoms with E-state index in [1.54, 1.807) is 0 Å². The molecule has 0 aromatic heterocycles. The van der Waals surface area contributed by atoms with E-state index in [0.29, 0.717) is 25.7 Å². The molecule has 0 aliphatic rings. The molecule has 66 valence electrons. The summed E-state index contributed by atoms with van der Waals surface area (Å²) in [7, 11) is 0. The molecule has 0 saturated heterocycles. The first-order chi connectivity index (χ1) is 5.57. The lowest BCUT2D eigenvalue weighted by molar-refractivity contribution is 1.40. The molecule has 12 heavy (non-hydrogen) atoms. The van der Waals surface area contributed by atoms with Gasteiger partial charge in [-0.1, -0.05) is 46.4 Å². The van der Waals surface area contributed by atoms with Crippen LogP contribution in [0.4, 0.5) is 0 Å². The van der Waals surface area contributed by atoms with E-state index >= 15 is 0 Å². The molecule has 0 radical (unpaired) electrons. The smallest absolute Gasteiger partial charge is 0.0782 e. The second kappa shape index (κ2) is 4.26. The normalized spacial score (nSPS) is 10.4. The molecule has 1 aromatic rings. The van der Waals surface area contributed by atoms with Crippen LogP contribution in [0.2, 0.25) is 20.1 Å². The van der Waals surface area contributed by atoms with Crippen molar-refractivity contribution in [2.45, 2.75) is 5.88 Å². The Bertz CT molecular complexity index is 307. The molecule has 0 amide bonds. The van der Waals surface area contributed by atoms with Gasteiger partial charge in [0.25, 0.3) is 0 Å². The highest BCUT2D eigenvalue weighted by atomic mass is 35.5. The molecule has 0 fully saturated rings. The number of rotatable bonds is 1. The molecule has 0 aliphatic carbocycles. The summed E-state index contributed by atoms with van der Waals surface area (Å²) in [4.78, 5) is 0. The Labute approximate surface area is 95.3 Å². The van der Waals surface area contributed by atoms with Crippen molar-refractivity contribution in [2.24, 2.45) is 0 Å². The van der Waals surface area contributed by atoms with Crippen molar-refractivity contribution in [3.8, 4) is 0 Å². The lowest BCUT2D eigenvalue weighted by atomic mass is 10.2. The molecule has 0 saturated carbocycles. The molecule has 1 aromatic carbocycles. The molecule has 0 N–H and O–H groups in total. The monoisotopic (exact) mass is 262 g/mol. The minimum atomic E-state index is 0.217. The van der Waals surface area contributed by atoms with Crippen LogP contribution in [0, 0.1) is 0 Å². The summed E-state index contributed by atoms with van der Waals surface area (Å²) in [6, 6.07) is 1.52. The van der Waals surface area contributed by atoms with Gasteiger partial charge in [0.2, 0.25) is 0 Å². The van der Waals surface area contributed by atoms with Gasteiger partial charge in [-0.3, -0.25) is 0 Å². The van der Waals surface area contributed by atoms with Crippen LogP contribution in [0.15, 0.2) is 6.07 Å². The fourth-order valence-corrected chi connectivity index (χ4v) is 2.21. The number of hydrogen-bond acceptors (Lipinski definition) is 0. The highest BCUT2D eigenvalue weighted by Gasteiger charge is 2.12. The van der Waals surface area contributed by atoms with Gasteiger partial charge in [0.1, 0.15) is 0 Å². The summed E-state index contributed by atoms with van der Waals surface area (Å²) >= 11 is 28.7. The summed E-state index contributed by atoms with van der Waals surface area (Å²) in [5, 5.41) is 1.38. The quantitative estimate of drug-likeness (QED) is 0.379. The number of alkyl halides is 1. The fraction of sp³-hybridized carbons (Fsp3) is 0.143. The van der Waals surface area contributed by atoms with E-state index in [1.165, 1.54) is 6.07 Å². The Morgan fingerprint density at radius 1 is 0.917 bits per heavy atom. The minimum Gasteiger partial charge on any atom is -0.121 e. The van der Waals surface area contributed by atoms with Crippen LogP contribution in [-0.2, 0) is 5.88 Å². The van der Waals surface area contributed by atoms with Crippen LogP contribution < -0.4 is 0 Å². The Morgan fingerprint density at radius 3 is 2.00 bits per heavy atom. The third-order valence-electron chi connectivity index (χ3n) is 1.34. The Kier molecular flexibility index (Phi) is 3.81. The molecule has 5 heteroatoms. The van der Waals surface area contributed by atoms with Crippen molar-refractivity contribution in [1.82, 2.24) is 0 Å². The standard InChI is InChI=1S/C7H3Cl5/c8-2-3-4(9)1-5(10)7(12)6(3)11/h1H,2H2. The number of benzene rings is 1. The van der Waals surface area contributed by atoms with Crippen LogP contribution >= 0.6 is 58.0 Å². The largest absolute Gasteiger partial charge is 0.121 e. The maximum absolute atomic E-state index is 5.82. The number of halogens is 5. The van der Waals surface area contributed by atoms with Crippen molar-refractivity contribution in [3.63, 3.8) is 0 Å². The predicted octanol–water partition coefficient (Wildman–Crippen LogP) is 5.04. The van der Waals surface area contributed by atoms with Gasteiger partial charge in [0.15, 0.2) is 0 Å². The van der Waals surface area contributed by atoms with Gasteiger partial charge >= 0.3 is 0 Å². The van der Waals surface area contributed by atoms with E-state index in [4.69, 9.17) is 58.0 Å². The predicted molar refractivity (Wildman–Crippen MR) is 56.0 cm³/mol. The zero-order chi connectivity index (χ0) is 9.30. The third kappa shape index (κ3) is 1.94. The maximum atomic E-state index is 5.82. The van der Waals surface area contributed by atoms with Crippen molar-refractivity contribution >= 4 is 58.0 Å². The van der Waals surface area contributed by atoms with Gasteiger partial charge in [-0.25, -0.2) is 0 Å². The van der Waals surface area contributed by atoms with Gasteiger partial charge in [-0.2, -0.15) is 0 Å². The Hall–Kier alpha value is 0.670. The van der Waals surface area contributed by atoms with Crippen LogP contribution in [0.5, 0.6) is 0 Å². The Morgan fingerprint density at radius 2 is 1.50 bits per heavy atom. The third-order valence-corrected chi connectivity index (χ3v) is 3.25. The van der Waals surface area contributed by atoms with Crippen LogP contribution in [0.3, 0.4) is 0 Å². The molecule has 0 heterocycles. The molecule has 1 rings (SSSR count). The highest BCUT2D eigenvalue weighted by molar-refractivity contribution is 6.50. The molecule has 0 nitrogen and oxygen atoms in total. The molecule has 0 aliphatic heterocycles. The van der Waals surface area contributed by atoms with E-state index in [2.05, 4.69) is 0 Å². The fourth-order valence-electron chi connectivity index (χ4n) is 0.726. The van der Waals surface area contributed by atoms with E-state index < -0.39 is 0 Å². The van der Waals surface area contributed by atoms with Crippen LogP contribution in [0.1, 0.15) is 5.56 Å². The van der Waals surface area contributed by atoms with Crippen molar-refractivity contribution in [2.75, 3.05) is 0 Å². The van der Waals surface area contributed by atoms with Gasteiger partial charge in [-0.15, -0.1) is 11.6 Å². The molecular weight excluding hydrogens is 261 g/mol. The minimum absolute atomic E-state index is 0.217. The van der Waals surface area contributed by atoms with Crippen LogP contribution in [0.25, 0.3) is 0 Å². The molecule has 0 unspecified atom stereocenters. The SMILES string of the molecule is ClCc1c(Cl)cc(Cl)c(Cl)c1Cl. The van der Waals surface area contributed by atoms with Gasteiger partial charge < -0.3 is 0 Å². The summed E-state index contributed by atoms with van der Waals surface area (Å²) < 4.78 is 0. The summed E-state index contributed by atoms with van der Waals surface area (Å²) in [6.07, 6.45) is 0. The van der Waals surface area contributed by atoms with E-state index in [1.807, 2.05) is 0 Å². The summed E-state index contributed by atoms with van der Waals surface area (Å²) in [5.74, 6) is 0.217. The van der Waals surface area contributed by atoms with Crippen molar-refractivity contribution < 1.29 is 0 Å². The van der Waals surface area contributed by atoms with Gasteiger partial charge in [0, 0.05) is 10.6 Å². The molecular formula is C7H3Cl5. The van der Waals surface area contributed by atoms with Gasteiger partial charge in [-0.05, 0) is 6.07 Å². The summed E-state index contributed by atoms with van der Waals surface area (Å²) in [6.45, 7) is 0. The van der Waals surface area contributed by atoms with E-state index in [9.17, 15) is 0 Å². The summed E-state index contributed by atoms with van der Waals surface area (Å²) in [5.41, 5.74) is 0.606. The second-order valence-electron chi connectivity index (χ2n) is 2.08. The van der Waals surface area contributed by atoms with Crippen molar-refractivity contribution in [3.05, 3.63) is 31.7 Å². The highest BCUT2D eigenvalue weighted by Crippen LogP contribution is 2.37. The lowest BCUT2D eigenvalue weighted by Gasteiger charge is -2.06. The van der Waals surface area contributed by atoms with Crippen molar-refractivity contribution in [1.29, 1.82) is 0 Å². The Balaban J connectivity index is 3.40. The maximum Gasteiger partial charge on any atom is 0.0782 e. The molecule has 0 spiro atoms. The topological polar surface area (TPSA) is 0 Å². The zero-order valence-electron chi connectivity index (χ0n) is 5.67. The first-order valence-corrected chi connectivity index (χ1v) is 5.00.